The van der Waals surface area contributed by atoms with E-state index in [1.165, 1.54) is 23.6 Å². The number of halogens is 2. The summed E-state index contributed by atoms with van der Waals surface area (Å²) in [6.07, 6.45) is 3.00. The van der Waals surface area contributed by atoms with Gasteiger partial charge in [-0.25, -0.2) is 13.4 Å². The summed E-state index contributed by atoms with van der Waals surface area (Å²) in [6.45, 7) is 1.01. The van der Waals surface area contributed by atoms with Crippen molar-refractivity contribution in [1.82, 2.24) is 9.29 Å². The monoisotopic (exact) mass is 324 g/mol. The quantitative estimate of drug-likeness (QED) is 0.796. The van der Waals surface area contributed by atoms with Gasteiger partial charge in [0.15, 0.2) is 0 Å². The van der Waals surface area contributed by atoms with Crippen molar-refractivity contribution in [1.29, 1.82) is 0 Å². The van der Waals surface area contributed by atoms with E-state index in [2.05, 4.69) is 4.98 Å². The van der Waals surface area contributed by atoms with Crippen molar-refractivity contribution in [2.24, 2.45) is 0 Å². The van der Waals surface area contributed by atoms with E-state index in [-0.39, 0.29) is 21.2 Å². The van der Waals surface area contributed by atoms with Crippen molar-refractivity contribution in [3.8, 4) is 0 Å². The summed E-state index contributed by atoms with van der Waals surface area (Å²) < 4.78 is 31.3. The molecule has 0 radical (unpaired) electrons. The van der Waals surface area contributed by atoms with E-state index in [9.17, 15) is 8.42 Å². The third kappa shape index (κ3) is 3.38. The number of hydrogen-bond acceptors (Lipinski definition) is 4. The SMILES string of the molecule is CN(CC1CCCO1)S(=O)(=O)c1cnc(Cl)c(Cl)c1. The number of pyridine rings is 1. The van der Waals surface area contributed by atoms with E-state index in [0.717, 1.165) is 12.8 Å². The molecule has 0 aliphatic carbocycles. The van der Waals surface area contributed by atoms with Gasteiger partial charge in [0.25, 0.3) is 0 Å². The molecule has 106 valence electrons. The average molecular weight is 325 g/mol. The maximum absolute atomic E-state index is 12.3. The fourth-order valence-corrected chi connectivity index (χ4v) is 3.41. The van der Waals surface area contributed by atoms with Gasteiger partial charge in [-0.2, -0.15) is 4.31 Å². The first-order valence-corrected chi connectivity index (χ1v) is 8.00. The molecule has 2 heterocycles. The summed E-state index contributed by atoms with van der Waals surface area (Å²) in [4.78, 5) is 3.79. The number of likely N-dealkylation sites (N-methyl/N-ethyl adjacent to an activating group) is 1. The van der Waals surface area contributed by atoms with Crippen LogP contribution in [0.2, 0.25) is 10.2 Å². The molecular formula is C11H14Cl2N2O3S. The molecule has 0 spiro atoms. The normalized spacial score (nSPS) is 20.1. The second kappa shape index (κ2) is 5.93. The van der Waals surface area contributed by atoms with Crippen molar-refractivity contribution in [2.45, 2.75) is 23.8 Å². The summed E-state index contributed by atoms with van der Waals surface area (Å²) in [5, 5.41) is 0.204. The maximum Gasteiger partial charge on any atom is 0.244 e. The lowest BCUT2D eigenvalue weighted by molar-refractivity contribution is 0.0979. The molecule has 1 aliphatic heterocycles. The van der Waals surface area contributed by atoms with Gasteiger partial charge >= 0.3 is 0 Å². The van der Waals surface area contributed by atoms with Crippen LogP contribution in [0.1, 0.15) is 12.8 Å². The van der Waals surface area contributed by atoms with Crippen LogP contribution in [-0.4, -0.2) is 44.0 Å². The van der Waals surface area contributed by atoms with Gasteiger partial charge in [0.05, 0.1) is 11.1 Å². The van der Waals surface area contributed by atoms with Crippen molar-refractivity contribution in [3.05, 3.63) is 22.4 Å². The lowest BCUT2D eigenvalue weighted by Gasteiger charge is -2.20. The average Bonchev–Trinajstić information content (AvgIpc) is 2.85. The summed E-state index contributed by atoms with van der Waals surface area (Å²) in [5.41, 5.74) is 0. The van der Waals surface area contributed by atoms with Gasteiger partial charge < -0.3 is 4.74 Å². The lowest BCUT2D eigenvalue weighted by atomic mass is 10.2. The number of nitrogens with zero attached hydrogens (tertiary/aromatic N) is 2. The maximum atomic E-state index is 12.3. The fraction of sp³-hybridized carbons (Fsp3) is 0.545. The van der Waals surface area contributed by atoms with Crippen LogP contribution in [0.5, 0.6) is 0 Å². The summed E-state index contributed by atoms with van der Waals surface area (Å²) >= 11 is 11.5. The minimum Gasteiger partial charge on any atom is -0.377 e. The highest BCUT2D eigenvalue weighted by molar-refractivity contribution is 7.89. The van der Waals surface area contributed by atoms with E-state index >= 15 is 0 Å². The summed E-state index contributed by atoms with van der Waals surface area (Å²) in [6, 6.07) is 1.30. The van der Waals surface area contributed by atoms with Crippen molar-refractivity contribution in [3.63, 3.8) is 0 Å². The molecule has 0 aromatic carbocycles. The molecule has 0 saturated carbocycles. The van der Waals surface area contributed by atoms with Crippen LogP contribution in [0.3, 0.4) is 0 Å². The van der Waals surface area contributed by atoms with E-state index < -0.39 is 10.0 Å². The second-order valence-corrected chi connectivity index (χ2v) is 7.17. The predicted molar refractivity (Wildman–Crippen MR) is 73.0 cm³/mol. The highest BCUT2D eigenvalue weighted by Gasteiger charge is 2.26. The molecule has 0 amide bonds. The van der Waals surface area contributed by atoms with Crippen molar-refractivity contribution < 1.29 is 13.2 Å². The molecule has 0 N–H and O–H groups in total. The second-order valence-electron chi connectivity index (χ2n) is 4.36. The van der Waals surface area contributed by atoms with Crippen LogP contribution >= 0.6 is 23.2 Å². The zero-order chi connectivity index (χ0) is 14.0. The van der Waals surface area contributed by atoms with E-state index in [4.69, 9.17) is 27.9 Å². The van der Waals surface area contributed by atoms with Crippen LogP contribution < -0.4 is 0 Å². The smallest absolute Gasteiger partial charge is 0.244 e. The molecule has 1 fully saturated rings. The molecule has 1 aromatic heterocycles. The summed E-state index contributed by atoms with van der Waals surface area (Å²) in [7, 11) is -2.10. The number of rotatable bonds is 4. The molecule has 5 nitrogen and oxygen atoms in total. The molecule has 2 rings (SSSR count). The van der Waals surface area contributed by atoms with Crippen LogP contribution in [0.15, 0.2) is 17.2 Å². The zero-order valence-electron chi connectivity index (χ0n) is 10.3. The Morgan fingerprint density at radius 2 is 2.26 bits per heavy atom. The largest absolute Gasteiger partial charge is 0.377 e. The van der Waals surface area contributed by atoms with Crippen LogP contribution in [0.25, 0.3) is 0 Å². The van der Waals surface area contributed by atoms with Gasteiger partial charge in [-0.3, -0.25) is 0 Å². The van der Waals surface area contributed by atoms with E-state index in [0.29, 0.717) is 13.2 Å². The zero-order valence-corrected chi connectivity index (χ0v) is 12.7. The van der Waals surface area contributed by atoms with Gasteiger partial charge in [-0.1, -0.05) is 23.2 Å². The Kier molecular flexibility index (Phi) is 4.68. The third-order valence-corrected chi connectivity index (χ3v) is 5.44. The predicted octanol–water partition coefficient (Wildman–Crippen LogP) is 2.19. The molecule has 1 unspecified atom stereocenters. The molecule has 0 bridgehead atoms. The van der Waals surface area contributed by atoms with Gasteiger partial charge in [0.1, 0.15) is 10.0 Å². The van der Waals surface area contributed by atoms with Crippen molar-refractivity contribution in [2.75, 3.05) is 20.2 Å². The Morgan fingerprint density at radius 1 is 1.53 bits per heavy atom. The highest BCUT2D eigenvalue weighted by Crippen LogP contribution is 2.24. The van der Waals surface area contributed by atoms with E-state index in [1.54, 1.807) is 0 Å². The van der Waals surface area contributed by atoms with Gasteiger partial charge in [-0.15, -0.1) is 0 Å². The topological polar surface area (TPSA) is 59.5 Å². The molecule has 19 heavy (non-hydrogen) atoms. The molecule has 1 aromatic rings. The minimum atomic E-state index is -3.62. The van der Waals surface area contributed by atoms with Crippen LogP contribution in [0.4, 0.5) is 0 Å². The first-order valence-electron chi connectivity index (χ1n) is 5.80. The molecular weight excluding hydrogens is 311 g/mol. The summed E-state index contributed by atoms with van der Waals surface area (Å²) in [5.74, 6) is 0. The van der Waals surface area contributed by atoms with E-state index in [1.807, 2.05) is 0 Å². The standard InChI is InChI=1S/C11H14Cl2N2O3S/c1-15(7-8-3-2-4-18-8)19(16,17)9-5-10(12)11(13)14-6-9/h5-6,8H,2-4,7H2,1H3. The molecule has 1 saturated heterocycles. The first-order chi connectivity index (χ1) is 8.91. The minimum absolute atomic E-state index is 0.0300. The molecule has 8 heteroatoms. The van der Waals surface area contributed by atoms with Crippen molar-refractivity contribution >= 4 is 33.2 Å². The van der Waals surface area contributed by atoms with Gasteiger partial charge in [0.2, 0.25) is 10.0 Å². The Labute approximate surface area is 122 Å². The fourth-order valence-electron chi connectivity index (χ4n) is 1.90. The van der Waals surface area contributed by atoms with Gasteiger partial charge in [-0.05, 0) is 18.9 Å². The number of sulfonamides is 1. The van der Waals surface area contributed by atoms with Crippen LogP contribution in [0, 0.1) is 0 Å². The third-order valence-electron chi connectivity index (χ3n) is 2.96. The Balaban J connectivity index is 2.18. The molecule has 1 atom stereocenters. The molecule has 1 aliphatic rings. The Morgan fingerprint density at radius 3 is 2.84 bits per heavy atom. The Bertz CT molecular complexity index is 559. The highest BCUT2D eigenvalue weighted by atomic mass is 35.5. The number of aromatic nitrogens is 1. The first kappa shape index (κ1) is 15.0. The van der Waals surface area contributed by atoms with Gasteiger partial charge in [0, 0.05) is 26.4 Å². The lowest BCUT2D eigenvalue weighted by Crippen LogP contribution is -2.34. The van der Waals surface area contributed by atoms with Crippen LogP contribution in [-0.2, 0) is 14.8 Å². The number of ether oxygens (including phenoxy) is 1. The number of hydrogen-bond donors (Lipinski definition) is 0. The Hall–Kier alpha value is -0.400.